The monoisotopic (exact) mass is 313 g/mol. The van der Waals surface area contributed by atoms with Crippen molar-refractivity contribution < 1.29 is 9.53 Å². The van der Waals surface area contributed by atoms with E-state index in [9.17, 15) is 4.79 Å². The molecule has 1 unspecified atom stereocenters. The molecule has 0 radical (unpaired) electrons. The second-order valence-electron chi connectivity index (χ2n) is 8.17. The Morgan fingerprint density at radius 2 is 1.82 bits per heavy atom. The van der Waals surface area contributed by atoms with Crippen molar-refractivity contribution in [2.45, 2.75) is 77.6 Å². The molecular formula is C17H35N3O2. The van der Waals surface area contributed by atoms with Crippen molar-refractivity contribution in [1.82, 2.24) is 15.5 Å². The van der Waals surface area contributed by atoms with Crippen molar-refractivity contribution in [2.24, 2.45) is 5.92 Å². The molecule has 0 bridgehead atoms. The highest BCUT2D eigenvalue weighted by molar-refractivity contribution is 5.68. The summed E-state index contributed by atoms with van der Waals surface area (Å²) in [6.45, 7) is 11.2. The quantitative estimate of drug-likeness (QED) is 0.758. The van der Waals surface area contributed by atoms with Crippen LogP contribution in [0, 0.1) is 5.92 Å². The van der Waals surface area contributed by atoms with Gasteiger partial charge in [-0.05, 0) is 60.0 Å². The van der Waals surface area contributed by atoms with Crippen LogP contribution in [-0.4, -0.2) is 55.4 Å². The van der Waals surface area contributed by atoms with E-state index in [1.807, 2.05) is 20.8 Å². The molecule has 1 amide bonds. The maximum Gasteiger partial charge on any atom is 0.407 e. The van der Waals surface area contributed by atoms with Crippen LogP contribution >= 0.6 is 0 Å². The fourth-order valence-electron chi connectivity index (χ4n) is 2.70. The maximum absolute atomic E-state index is 11.7. The Hall–Kier alpha value is -0.810. The summed E-state index contributed by atoms with van der Waals surface area (Å²) in [5.74, 6) is 0.706. The number of nitrogens with zero attached hydrogens (tertiary/aromatic N) is 1. The molecule has 22 heavy (non-hydrogen) atoms. The number of carbonyl (C=O) groups is 1. The summed E-state index contributed by atoms with van der Waals surface area (Å²) in [6.07, 6.45) is 2.87. The summed E-state index contributed by atoms with van der Waals surface area (Å²) in [5, 5.41) is 6.56. The average Bonchev–Trinajstić information content (AvgIpc) is 2.26. The molecule has 0 aromatic rings. The largest absolute Gasteiger partial charge is 0.444 e. The highest BCUT2D eigenvalue weighted by Gasteiger charge is 2.31. The number of alkyl carbamates (subject to hydrolysis) is 1. The second-order valence-corrected chi connectivity index (χ2v) is 8.17. The molecule has 5 heteroatoms. The standard InChI is InChI=1S/C17H35N3O2/c1-12(2)8-15(20(6)7)11-18-13-9-14(10-13)19-16(21)22-17(3,4)5/h12-15,18H,8-11H2,1-7H3,(H,19,21). The van der Waals surface area contributed by atoms with Crippen molar-refractivity contribution in [3.8, 4) is 0 Å². The van der Waals surface area contributed by atoms with E-state index in [2.05, 4.69) is 43.5 Å². The van der Waals surface area contributed by atoms with Crippen LogP contribution in [0.5, 0.6) is 0 Å². The van der Waals surface area contributed by atoms with Gasteiger partial charge >= 0.3 is 6.09 Å². The molecule has 0 aromatic carbocycles. The van der Waals surface area contributed by atoms with E-state index in [0.717, 1.165) is 19.4 Å². The Kier molecular flexibility index (Phi) is 7.13. The zero-order valence-corrected chi connectivity index (χ0v) is 15.4. The summed E-state index contributed by atoms with van der Waals surface area (Å²) in [7, 11) is 4.28. The third kappa shape index (κ3) is 7.45. The molecule has 1 rings (SSSR count). The van der Waals surface area contributed by atoms with Crippen LogP contribution in [0.3, 0.4) is 0 Å². The van der Waals surface area contributed by atoms with Crippen molar-refractivity contribution in [1.29, 1.82) is 0 Å². The first kappa shape index (κ1) is 19.2. The minimum Gasteiger partial charge on any atom is -0.444 e. The van der Waals surface area contributed by atoms with E-state index in [-0.39, 0.29) is 12.1 Å². The second kappa shape index (κ2) is 8.16. The topological polar surface area (TPSA) is 53.6 Å². The van der Waals surface area contributed by atoms with Crippen LogP contribution in [0.2, 0.25) is 0 Å². The predicted molar refractivity (Wildman–Crippen MR) is 91.1 cm³/mol. The molecular weight excluding hydrogens is 278 g/mol. The summed E-state index contributed by atoms with van der Waals surface area (Å²) >= 11 is 0. The minimum absolute atomic E-state index is 0.246. The molecule has 1 atom stereocenters. The van der Waals surface area contributed by atoms with Crippen LogP contribution in [0.1, 0.15) is 53.9 Å². The highest BCUT2D eigenvalue weighted by atomic mass is 16.6. The van der Waals surface area contributed by atoms with Gasteiger partial charge in [-0.15, -0.1) is 0 Å². The van der Waals surface area contributed by atoms with E-state index in [4.69, 9.17) is 4.74 Å². The number of rotatable bonds is 7. The molecule has 1 saturated carbocycles. The number of hydrogen-bond acceptors (Lipinski definition) is 4. The lowest BCUT2D eigenvalue weighted by Crippen LogP contribution is -2.55. The van der Waals surface area contributed by atoms with Crippen LogP contribution in [0.15, 0.2) is 0 Å². The lowest BCUT2D eigenvalue weighted by molar-refractivity contribution is 0.0463. The lowest BCUT2D eigenvalue weighted by Gasteiger charge is -2.38. The number of ether oxygens (including phenoxy) is 1. The van der Waals surface area contributed by atoms with E-state index in [1.165, 1.54) is 6.42 Å². The van der Waals surface area contributed by atoms with E-state index in [1.54, 1.807) is 0 Å². The van der Waals surface area contributed by atoms with Gasteiger partial charge in [-0.1, -0.05) is 13.8 Å². The fourth-order valence-corrected chi connectivity index (χ4v) is 2.70. The first-order valence-corrected chi connectivity index (χ1v) is 8.46. The smallest absolute Gasteiger partial charge is 0.407 e. The van der Waals surface area contributed by atoms with Crippen LogP contribution in [0.4, 0.5) is 4.79 Å². The Morgan fingerprint density at radius 1 is 1.23 bits per heavy atom. The first-order chi connectivity index (χ1) is 10.1. The van der Waals surface area contributed by atoms with E-state index < -0.39 is 5.60 Å². The Bertz CT molecular complexity index is 344. The Labute approximate surface area is 136 Å². The summed E-state index contributed by atoms with van der Waals surface area (Å²) in [5.41, 5.74) is -0.429. The lowest BCUT2D eigenvalue weighted by atomic mass is 9.86. The fraction of sp³-hybridized carbons (Fsp3) is 0.941. The zero-order valence-electron chi connectivity index (χ0n) is 15.4. The van der Waals surface area contributed by atoms with Gasteiger partial charge in [-0.25, -0.2) is 4.79 Å². The maximum atomic E-state index is 11.7. The Morgan fingerprint density at radius 3 is 2.27 bits per heavy atom. The third-order valence-electron chi connectivity index (χ3n) is 3.97. The molecule has 130 valence electrons. The molecule has 0 heterocycles. The number of likely N-dealkylation sites (N-methyl/N-ethyl adjacent to an activating group) is 1. The van der Waals surface area contributed by atoms with Crippen LogP contribution in [-0.2, 0) is 4.74 Å². The average molecular weight is 313 g/mol. The van der Waals surface area contributed by atoms with Gasteiger partial charge < -0.3 is 20.3 Å². The normalized spacial score (nSPS) is 23.3. The molecule has 5 nitrogen and oxygen atoms in total. The van der Waals surface area contributed by atoms with Crippen molar-refractivity contribution >= 4 is 6.09 Å². The predicted octanol–water partition coefficient (Wildman–Crippen LogP) is 2.61. The van der Waals surface area contributed by atoms with Crippen molar-refractivity contribution in [2.75, 3.05) is 20.6 Å². The molecule has 0 saturated heterocycles. The van der Waals surface area contributed by atoms with Gasteiger partial charge in [-0.2, -0.15) is 0 Å². The SMILES string of the molecule is CC(C)CC(CNC1CC(NC(=O)OC(C)(C)C)C1)N(C)C. The summed E-state index contributed by atoms with van der Waals surface area (Å²) in [6, 6.07) is 1.32. The Balaban J connectivity index is 2.21. The molecule has 0 aliphatic heterocycles. The molecule has 0 aromatic heterocycles. The van der Waals surface area contributed by atoms with Crippen LogP contribution < -0.4 is 10.6 Å². The molecule has 2 N–H and O–H groups in total. The van der Waals surface area contributed by atoms with Gasteiger partial charge in [-0.3, -0.25) is 0 Å². The van der Waals surface area contributed by atoms with Gasteiger partial charge in [0.2, 0.25) is 0 Å². The summed E-state index contributed by atoms with van der Waals surface area (Å²) in [4.78, 5) is 14.0. The first-order valence-electron chi connectivity index (χ1n) is 8.46. The van der Waals surface area contributed by atoms with Gasteiger partial charge in [0, 0.05) is 24.7 Å². The number of amides is 1. The van der Waals surface area contributed by atoms with Crippen LogP contribution in [0.25, 0.3) is 0 Å². The van der Waals surface area contributed by atoms with Gasteiger partial charge in [0.25, 0.3) is 0 Å². The highest BCUT2D eigenvalue weighted by Crippen LogP contribution is 2.21. The van der Waals surface area contributed by atoms with Crippen molar-refractivity contribution in [3.05, 3.63) is 0 Å². The minimum atomic E-state index is -0.429. The molecule has 1 aliphatic rings. The third-order valence-corrected chi connectivity index (χ3v) is 3.97. The zero-order chi connectivity index (χ0) is 16.9. The van der Waals surface area contributed by atoms with E-state index >= 15 is 0 Å². The molecule has 0 spiro atoms. The van der Waals surface area contributed by atoms with Crippen molar-refractivity contribution in [3.63, 3.8) is 0 Å². The number of hydrogen-bond donors (Lipinski definition) is 2. The van der Waals surface area contributed by atoms with Gasteiger partial charge in [0.15, 0.2) is 0 Å². The molecule has 1 fully saturated rings. The molecule has 1 aliphatic carbocycles. The van der Waals surface area contributed by atoms with Gasteiger partial charge in [0.1, 0.15) is 5.60 Å². The summed E-state index contributed by atoms with van der Waals surface area (Å²) < 4.78 is 5.28. The van der Waals surface area contributed by atoms with E-state index in [0.29, 0.717) is 18.0 Å². The number of carbonyl (C=O) groups excluding carboxylic acids is 1. The number of nitrogens with one attached hydrogen (secondary N) is 2. The van der Waals surface area contributed by atoms with Gasteiger partial charge in [0.05, 0.1) is 0 Å².